The Morgan fingerprint density at radius 2 is 2.00 bits per heavy atom. The summed E-state index contributed by atoms with van der Waals surface area (Å²) >= 11 is 1.35. The first kappa shape index (κ1) is 9.09. The van der Waals surface area contributed by atoms with E-state index in [1.165, 1.54) is 21.8 Å². The molecule has 2 heteroatoms. The summed E-state index contributed by atoms with van der Waals surface area (Å²) in [7, 11) is 0. The van der Waals surface area contributed by atoms with Crippen LogP contribution in [0.3, 0.4) is 0 Å². The van der Waals surface area contributed by atoms with Gasteiger partial charge in [-0.3, -0.25) is 0 Å². The van der Waals surface area contributed by atoms with Gasteiger partial charge < -0.3 is 0 Å². The molecule has 0 N–H and O–H groups in total. The van der Waals surface area contributed by atoms with Gasteiger partial charge >= 0.3 is 34.4 Å². The molecule has 0 atom stereocenters. The summed E-state index contributed by atoms with van der Waals surface area (Å²) in [6, 6.07) is 0. The Labute approximate surface area is 45.9 Å². The van der Waals surface area contributed by atoms with Gasteiger partial charge in [-0.05, 0) is 11.0 Å². The first-order valence-corrected chi connectivity index (χ1v) is 3.41. The molecule has 30 valence electrons. The molecule has 0 spiro atoms. The van der Waals surface area contributed by atoms with Crippen LogP contribution in [-0.4, -0.2) is 27.5 Å². The van der Waals surface area contributed by atoms with Crippen LogP contribution < -0.4 is 0 Å². The first-order chi connectivity index (χ1) is 1.91. The third kappa shape index (κ3) is 12.5. The largest absolute Gasteiger partial charge is 0.0125 e. The minimum atomic E-state index is 0. The maximum absolute atomic E-state index is 3.51. The molecule has 0 aromatic heterocycles. The van der Waals surface area contributed by atoms with Gasteiger partial charge in [0, 0.05) is 0 Å². The average Bonchev–Trinajstić information content (AvgIpc) is 1.37. The van der Waals surface area contributed by atoms with Crippen LogP contribution >= 0.6 is 0 Å². The maximum Gasteiger partial charge on any atom is -0.0125 e. The molecule has 5 heavy (non-hydrogen) atoms. The van der Waals surface area contributed by atoms with Gasteiger partial charge in [0.05, 0.1) is 0 Å². The number of rotatable bonds is 1. The monoisotopic (exact) mass is 148 g/mol. The SMILES string of the molecule is C=C[CH2][GeH2].[SiH3]. The van der Waals surface area contributed by atoms with Gasteiger partial charge in [-0.15, -0.1) is 0 Å². The van der Waals surface area contributed by atoms with Crippen molar-refractivity contribution in [2.24, 2.45) is 0 Å². The molecule has 0 bridgehead atoms. The van der Waals surface area contributed by atoms with E-state index in [9.17, 15) is 0 Å². The smallest absolute Gasteiger partial charge is 0.0125 e. The number of hydrogen-bond donors (Lipinski definition) is 0. The Hall–Kier alpha value is 0.500. The van der Waals surface area contributed by atoms with Crippen molar-refractivity contribution in [1.29, 1.82) is 0 Å². The Bertz CT molecular complexity index is 20.9. The molecule has 0 unspecified atom stereocenters. The topological polar surface area (TPSA) is 0 Å². The van der Waals surface area contributed by atoms with Gasteiger partial charge in [0.2, 0.25) is 0 Å². The van der Waals surface area contributed by atoms with Crippen LogP contribution in [0, 0.1) is 0 Å². The summed E-state index contributed by atoms with van der Waals surface area (Å²) in [4.78, 5) is 0. The van der Waals surface area contributed by atoms with E-state index in [1.807, 2.05) is 6.08 Å². The molecule has 2 radical (unpaired) electrons. The third-order valence-electron chi connectivity index (χ3n) is 0.204. The molecule has 0 aliphatic rings. The van der Waals surface area contributed by atoms with Crippen LogP contribution in [0.15, 0.2) is 12.7 Å². The van der Waals surface area contributed by atoms with Crippen molar-refractivity contribution in [1.82, 2.24) is 0 Å². The molecule has 0 saturated heterocycles. The first-order valence-electron chi connectivity index (χ1n) is 1.32. The fourth-order valence-corrected chi connectivity index (χ4v) is 0. The van der Waals surface area contributed by atoms with Gasteiger partial charge in [0.15, 0.2) is 0 Å². The van der Waals surface area contributed by atoms with E-state index in [1.54, 1.807) is 0 Å². The quantitative estimate of drug-likeness (QED) is 0.331. The molecule has 0 nitrogen and oxygen atoms in total. The summed E-state index contributed by atoms with van der Waals surface area (Å²) in [5, 5.41) is 1.21. The summed E-state index contributed by atoms with van der Waals surface area (Å²) in [6.45, 7) is 3.51. The average molecular weight is 147 g/mol. The van der Waals surface area contributed by atoms with E-state index in [4.69, 9.17) is 0 Å². The molecule has 0 aliphatic heterocycles. The summed E-state index contributed by atoms with van der Waals surface area (Å²) in [5.74, 6) is 0. The Morgan fingerprint density at radius 3 is 2.00 bits per heavy atom. The van der Waals surface area contributed by atoms with Crippen molar-refractivity contribution < 1.29 is 0 Å². The second-order valence-electron chi connectivity index (χ2n) is 0.577. The zero-order valence-electron chi connectivity index (χ0n) is 3.70. The molecule has 0 saturated carbocycles. The summed E-state index contributed by atoms with van der Waals surface area (Å²) in [6.07, 6.45) is 1.93. The van der Waals surface area contributed by atoms with Crippen LogP contribution in [0.1, 0.15) is 0 Å². The zero-order chi connectivity index (χ0) is 3.41. The molecular weight excluding hydrogens is 137 g/mol. The van der Waals surface area contributed by atoms with E-state index in [-0.39, 0.29) is 11.0 Å². The minimum absolute atomic E-state index is 0. The molecule has 0 aliphatic carbocycles. The fraction of sp³-hybridized carbons (Fsp3) is 0.333. The van der Waals surface area contributed by atoms with E-state index in [0.29, 0.717) is 0 Å². The molecule has 0 heterocycles. The molecule has 0 aromatic carbocycles. The van der Waals surface area contributed by atoms with Gasteiger partial charge in [-0.2, -0.15) is 0 Å². The predicted octanol–water partition coefficient (Wildman–Crippen LogP) is -0.960. The second-order valence-corrected chi connectivity index (χ2v) is 1.79. The molecular formula is C3H10GeSi. The van der Waals surface area contributed by atoms with Crippen LogP contribution in [-0.2, 0) is 0 Å². The number of hydrogen-bond acceptors (Lipinski definition) is 0. The van der Waals surface area contributed by atoms with Crippen molar-refractivity contribution >= 4 is 27.5 Å². The Balaban J connectivity index is 0. The van der Waals surface area contributed by atoms with Crippen molar-refractivity contribution in [2.45, 2.75) is 5.25 Å². The van der Waals surface area contributed by atoms with Crippen molar-refractivity contribution in [3.8, 4) is 0 Å². The Morgan fingerprint density at radius 1 is 1.80 bits per heavy atom. The summed E-state index contributed by atoms with van der Waals surface area (Å²) in [5.41, 5.74) is 0. The maximum atomic E-state index is 3.51. The molecule has 0 rings (SSSR count). The van der Waals surface area contributed by atoms with Gasteiger partial charge in [0.25, 0.3) is 0 Å². The van der Waals surface area contributed by atoms with Crippen LogP contribution in [0.5, 0.6) is 0 Å². The van der Waals surface area contributed by atoms with Gasteiger partial charge in [-0.1, -0.05) is 0 Å². The number of allylic oxidation sites excluding steroid dienone is 1. The van der Waals surface area contributed by atoms with Crippen molar-refractivity contribution in [3.63, 3.8) is 0 Å². The fourth-order valence-electron chi connectivity index (χ4n) is 0. The minimum Gasteiger partial charge on any atom is -0.0125 e. The Kier molecular flexibility index (Phi) is 16.0. The van der Waals surface area contributed by atoms with Crippen LogP contribution in [0.25, 0.3) is 0 Å². The predicted molar refractivity (Wildman–Crippen MR) is 33.5 cm³/mol. The van der Waals surface area contributed by atoms with Crippen LogP contribution in [0.2, 0.25) is 5.25 Å². The van der Waals surface area contributed by atoms with Crippen molar-refractivity contribution in [3.05, 3.63) is 12.7 Å². The molecule has 0 fully saturated rings. The van der Waals surface area contributed by atoms with E-state index >= 15 is 0 Å². The van der Waals surface area contributed by atoms with Gasteiger partial charge in [-0.25, -0.2) is 0 Å². The standard InChI is InChI=1S/C3H7Ge.H3Si/c1-2-3-4;/h2H,1,3-4H2;1H3. The van der Waals surface area contributed by atoms with E-state index < -0.39 is 0 Å². The third-order valence-corrected chi connectivity index (χ3v) is 1.06. The van der Waals surface area contributed by atoms with Crippen LogP contribution in [0.4, 0.5) is 0 Å². The summed E-state index contributed by atoms with van der Waals surface area (Å²) < 4.78 is 0. The molecule has 0 amide bonds. The van der Waals surface area contributed by atoms with E-state index in [2.05, 4.69) is 6.58 Å². The molecule has 0 aromatic rings. The van der Waals surface area contributed by atoms with E-state index in [0.717, 1.165) is 0 Å². The normalized spacial score (nSPS) is 5.00. The second kappa shape index (κ2) is 8.82. The zero-order valence-corrected chi connectivity index (χ0v) is 8.67. The van der Waals surface area contributed by atoms with Crippen molar-refractivity contribution in [2.75, 3.05) is 0 Å². The van der Waals surface area contributed by atoms with Gasteiger partial charge in [0.1, 0.15) is 0 Å².